The van der Waals surface area contributed by atoms with Crippen LogP contribution in [0, 0.1) is 0 Å². The van der Waals surface area contributed by atoms with Gasteiger partial charge >= 0.3 is 5.97 Å². The van der Waals surface area contributed by atoms with Gasteiger partial charge in [-0.05, 0) is 65.3 Å². The first-order valence-corrected chi connectivity index (χ1v) is 18.3. The molecule has 0 amide bonds. The average Bonchev–Trinajstić information content (AvgIpc) is 3.13. The zero-order valence-electron chi connectivity index (χ0n) is 26.0. The van der Waals surface area contributed by atoms with Gasteiger partial charge in [0, 0.05) is 24.5 Å². The lowest BCUT2D eigenvalue weighted by molar-refractivity contribution is -0.138. The van der Waals surface area contributed by atoms with E-state index in [4.69, 9.17) is 0 Å². The number of hydrogen-bond donors (Lipinski definition) is 2. The summed E-state index contributed by atoms with van der Waals surface area (Å²) in [6, 6.07) is 45.7. The number of carboxylic acids is 1. The smallest absolute Gasteiger partial charge is 0.322 e. The highest BCUT2D eigenvalue weighted by molar-refractivity contribution is 8.00. The Bertz CT molecular complexity index is 1750. The van der Waals surface area contributed by atoms with Crippen molar-refractivity contribution in [2.45, 2.75) is 34.4 Å². The minimum Gasteiger partial charge on any atom is -0.480 e. The van der Waals surface area contributed by atoms with Gasteiger partial charge < -0.3 is 10.0 Å². The Labute approximate surface area is 281 Å². The van der Waals surface area contributed by atoms with Crippen LogP contribution in [-0.2, 0) is 19.6 Å². The van der Waals surface area contributed by atoms with Crippen molar-refractivity contribution in [3.63, 3.8) is 0 Å². The summed E-state index contributed by atoms with van der Waals surface area (Å²) in [4.78, 5) is 14.9. The maximum atomic E-state index is 13.6. The molecule has 0 spiro atoms. The lowest BCUT2D eigenvalue weighted by Gasteiger charge is -2.36. The molecule has 1 fully saturated rings. The Morgan fingerprint density at radius 3 is 1.62 bits per heavy atom. The summed E-state index contributed by atoms with van der Waals surface area (Å²) in [5.41, 5.74) is 5.23. The van der Waals surface area contributed by atoms with Crippen molar-refractivity contribution in [3.8, 4) is 0 Å². The second kappa shape index (κ2) is 14.6. The number of carboxylic acid groups (broad SMARTS) is 1. The normalized spacial score (nSPS) is 14.9. The van der Waals surface area contributed by atoms with Crippen LogP contribution in [0.4, 0.5) is 5.69 Å². The maximum absolute atomic E-state index is 13.6. The molecule has 47 heavy (non-hydrogen) atoms. The van der Waals surface area contributed by atoms with Gasteiger partial charge in [0.2, 0.25) is 10.0 Å². The van der Waals surface area contributed by atoms with Gasteiger partial charge in [0.25, 0.3) is 0 Å². The number of piperidine rings is 1. The van der Waals surface area contributed by atoms with Crippen LogP contribution in [-0.4, -0.2) is 44.4 Å². The Morgan fingerprint density at radius 2 is 1.17 bits per heavy atom. The molecule has 0 aliphatic carbocycles. The first-order valence-electron chi connectivity index (χ1n) is 15.8. The van der Waals surface area contributed by atoms with Crippen molar-refractivity contribution in [1.29, 1.82) is 0 Å². The number of sulfonamides is 1. The highest BCUT2D eigenvalue weighted by Gasteiger charge is 2.39. The Balaban J connectivity index is 1.20. The predicted octanol–water partition coefficient (Wildman–Crippen LogP) is 7.53. The van der Waals surface area contributed by atoms with E-state index in [1.54, 1.807) is 12.1 Å². The number of aliphatic carboxylic acids is 1. The number of hydrogen-bond acceptors (Lipinski definition) is 5. The molecule has 0 bridgehead atoms. The van der Waals surface area contributed by atoms with E-state index in [1.807, 2.05) is 109 Å². The summed E-state index contributed by atoms with van der Waals surface area (Å²) in [6.45, 7) is 1.77. The van der Waals surface area contributed by atoms with E-state index in [9.17, 15) is 18.3 Å². The molecule has 5 aromatic carbocycles. The number of nitrogens with one attached hydrogen (secondary N) is 1. The molecule has 1 aliphatic rings. The topological polar surface area (TPSA) is 86.7 Å². The van der Waals surface area contributed by atoms with Crippen LogP contribution in [0.3, 0.4) is 0 Å². The molecule has 1 unspecified atom stereocenters. The first-order chi connectivity index (χ1) is 22.9. The van der Waals surface area contributed by atoms with Crippen LogP contribution in [0.25, 0.3) is 0 Å². The quantitative estimate of drug-likeness (QED) is 0.134. The van der Waals surface area contributed by atoms with Crippen molar-refractivity contribution < 1.29 is 18.3 Å². The van der Waals surface area contributed by atoms with Crippen LogP contribution in [0.5, 0.6) is 0 Å². The standard InChI is InChI=1S/C39H38N2O4S2/c42-38(43)37(29-46-39(32-15-7-2-8-16-32,33-17-9-3-10-18-33)34-19-11-4-12-20-34)40-47(44,45)36-23-21-35(22-24-36)41-27-25-31(26-28-41)30-13-5-1-6-14-30/h1-24,31,37,40H,25-29H2,(H,42,43). The van der Waals surface area contributed by atoms with Crippen LogP contribution in [0.1, 0.15) is 41.0 Å². The zero-order chi connectivity index (χ0) is 32.7. The summed E-state index contributed by atoms with van der Waals surface area (Å²) < 4.78 is 28.9. The summed E-state index contributed by atoms with van der Waals surface area (Å²) >= 11 is 1.41. The molecule has 0 radical (unpaired) electrons. The van der Waals surface area contributed by atoms with E-state index in [2.05, 4.69) is 33.9 Å². The van der Waals surface area contributed by atoms with E-state index in [0.717, 1.165) is 48.3 Å². The third kappa shape index (κ3) is 7.30. The van der Waals surface area contributed by atoms with Crippen LogP contribution < -0.4 is 9.62 Å². The van der Waals surface area contributed by atoms with E-state index < -0.39 is 26.8 Å². The zero-order valence-corrected chi connectivity index (χ0v) is 27.6. The molecular formula is C39H38N2O4S2. The van der Waals surface area contributed by atoms with Crippen LogP contribution in [0.15, 0.2) is 150 Å². The van der Waals surface area contributed by atoms with E-state index >= 15 is 0 Å². The molecule has 5 aromatic rings. The second-order valence-electron chi connectivity index (χ2n) is 11.8. The summed E-state index contributed by atoms with van der Waals surface area (Å²) in [5, 5.41) is 10.3. The third-order valence-electron chi connectivity index (χ3n) is 8.88. The number of carbonyl (C=O) groups is 1. The summed E-state index contributed by atoms with van der Waals surface area (Å²) in [5.74, 6) is -0.726. The minimum absolute atomic E-state index is 0.0122. The monoisotopic (exact) mass is 662 g/mol. The van der Waals surface area contributed by atoms with Crippen molar-refractivity contribution in [2.24, 2.45) is 0 Å². The van der Waals surface area contributed by atoms with E-state index in [1.165, 1.54) is 17.3 Å². The van der Waals surface area contributed by atoms with Gasteiger partial charge in [-0.15, -0.1) is 11.8 Å². The van der Waals surface area contributed by atoms with Gasteiger partial charge in [0.05, 0.1) is 9.64 Å². The number of thioether (sulfide) groups is 1. The fourth-order valence-electron chi connectivity index (χ4n) is 6.42. The number of benzene rings is 5. The Morgan fingerprint density at radius 1 is 0.723 bits per heavy atom. The van der Waals surface area contributed by atoms with Crippen molar-refractivity contribution in [2.75, 3.05) is 23.7 Å². The van der Waals surface area contributed by atoms with Crippen molar-refractivity contribution in [1.82, 2.24) is 4.72 Å². The molecule has 1 saturated heterocycles. The lowest BCUT2D eigenvalue weighted by Crippen LogP contribution is -2.43. The molecule has 6 nitrogen and oxygen atoms in total. The van der Waals surface area contributed by atoms with Crippen LogP contribution >= 0.6 is 11.8 Å². The molecule has 0 aromatic heterocycles. The Hall–Kier alpha value is -4.37. The van der Waals surface area contributed by atoms with Crippen molar-refractivity contribution >= 4 is 33.4 Å². The minimum atomic E-state index is -4.12. The number of nitrogens with zero attached hydrogens (tertiary/aromatic N) is 1. The van der Waals surface area contributed by atoms with Crippen molar-refractivity contribution in [3.05, 3.63) is 168 Å². The highest BCUT2D eigenvalue weighted by Crippen LogP contribution is 2.48. The predicted molar refractivity (Wildman–Crippen MR) is 190 cm³/mol. The van der Waals surface area contributed by atoms with Gasteiger partial charge in [-0.25, -0.2) is 8.42 Å². The maximum Gasteiger partial charge on any atom is 0.322 e. The molecule has 1 heterocycles. The van der Waals surface area contributed by atoms with Gasteiger partial charge in [-0.1, -0.05) is 121 Å². The molecular weight excluding hydrogens is 625 g/mol. The summed E-state index contributed by atoms with van der Waals surface area (Å²) in [6.07, 6.45) is 2.06. The average molecular weight is 663 g/mol. The molecule has 1 atom stereocenters. The Kier molecular flexibility index (Phi) is 10.1. The molecule has 6 rings (SSSR count). The van der Waals surface area contributed by atoms with E-state index in [0.29, 0.717) is 5.92 Å². The summed E-state index contributed by atoms with van der Waals surface area (Å²) in [7, 11) is -4.12. The first kappa shape index (κ1) is 32.6. The fourth-order valence-corrected chi connectivity index (χ4v) is 9.27. The molecule has 1 aliphatic heterocycles. The SMILES string of the molecule is O=C(O)C(CSC(c1ccccc1)(c1ccccc1)c1ccccc1)NS(=O)(=O)c1ccc(N2CCC(c3ccccc3)CC2)cc1. The largest absolute Gasteiger partial charge is 0.480 e. The van der Waals surface area contributed by atoms with Gasteiger partial charge in [-0.3, -0.25) is 4.79 Å². The third-order valence-corrected chi connectivity index (χ3v) is 12.0. The fraction of sp³-hybridized carbons (Fsp3) is 0.205. The second-order valence-corrected chi connectivity index (χ2v) is 14.7. The molecule has 0 saturated carbocycles. The van der Waals surface area contributed by atoms with E-state index in [-0.39, 0.29) is 10.6 Å². The molecule has 2 N–H and O–H groups in total. The lowest BCUT2D eigenvalue weighted by atomic mass is 9.84. The number of rotatable bonds is 12. The van der Waals surface area contributed by atoms with Gasteiger partial charge in [-0.2, -0.15) is 4.72 Å². The molecule has 8 heteroatoms. The van der Waals surface area contributed by atoms with Gasteiger partial charge in [0.15, 0.2) is 0 Å². The van der Waals surface area contributed by atoms with Crippen LogP contribution in [0.2, 0.25) is 0 Å². The van der Waals surface area contributed by atoms with Gasteiger partial charge in [0.1, 0.15) is 6.04 Å². The highest BCUT2D eigenvalue weighted by atomic mass is 32.2. The molecule has 240 valence electrons. The number of anilines is 1.